The van der Waals surface area contributed by atoms with Gasteiger partial charge in [0.1, 0.15) is 18.3 Å². The van der Waals surface area contributed by atoms with Gasteiger partial charge in [-0.3, -0.25) is 4.55 Å². The summed E-state index contributed by atoms with van der Waals surface area (Å²) >= 11 is 0. The first-order chi connectivity index (χ1) is 7.60. The van der Waals surface area contributed by atoms with Crippen LogP contribution in [0.1, 0.15) is 0 Å². The van der Waals surface area contributed by atoms with E-state index >= 15 is 0 Å². The summed E-state index contributed by atoms with van der Waals surface area (Å²) in [6.07, 6.45) is -9.85. The number of hydrogen-bond donors (Lipinski definition) is 5. The van der Waals surface area contributed by atoms with Gasteiger partial charge in [0.15, 0.2) is 12.4 Å². The van der Waals surface area contributed by atoms with E-state index in [9.17, 15) is 18.0 Å². The fourth-order valence-corrected chi connectivity index (χ4v) is 1.37. The van der Waals surface area contributed by atoms with Crippen LogP contribution in [-0.4, -0.2) is 70.1 Å². The zero-order chi connectivity index (χ0) is 13.8. The molecule has 0 fully saturated rings. The highest BCUT2D eigenvalue weighted by Crippen LogP contribution is 2.11. The summed E-state index contributed by atoms with van der Waals surface area (Å²) in [6, 6.07) is 0. The van der Waals surface area contributed by atoms with E-state index in [1.807, 2.05) is 0 Å². The topological polar surface area (TPSA) is 179 Å². The highest BCUT2D eigenvalue weighted by molar-refractivity contribution is 7.80. The van der Waals surface area contributed by atoms with Crippen molar-refractivity contribution < 1.29 is 47.2 Å². The van der Waals surface area contributed by atoms with Gasteiger partial charge in [0, 0.05) is 0 Å². The Morgan fingerprint density at radius 1 is 1.24 bits per heavy atom. The standard InChI is InChI=1S/C6H10O10S/c7-1-2(8)5(16-17(13,14)15)3(9)4(10)6(11)12/h1-5,8-10H,(H,11,12)(H,13,14,15). The second-order valence-electron chi connectivity index (χ2n) is 2.89. The molecule has 4 atom stereocenters. The SMILES string of the molecule is O=CC(O)C(OS(=O)(=O)O)C(O)C(O)C(=O)O. The quantitative estimate of drug-likeness (QED) is 0.231. The molecule has 0 aromatic carbocycles. The molecule has 0 radical (unpaired) electrons. The first-order valence-electron chi connectivity index (χ1n) is 3.98. The first-order valence-corrected chi connectivity index (χ1v) is 5.34. The summed E-state index contributed by atoms with van der Waals surface area (Å²) in [6.45, 7) is 0. The van der Waals surface area contributed by atoms with Gasteiger partial charge in [0.05, 0.1) is 0 Å². The van der Waals surface area contributed by atoms with Crippen LogP contribution in [0.15, 0.2) is 0 Å². The zero-order valence-electron chi connectivity index (χ0n) is 8.07. The molecule has 10 nitrogen and oxygen atoms in total. The normalized spacial score (nSPS) is 19.1. The number of hydrogen-bond acceptors (Lipinski definition) is 8. The second kappa shape index (κ2) is 6.00. The highest BCUT2D eigenvalue weighted by Gasteiger charge is 2.39. The van der Waals surface area contributed by atoms with E-state index in [0.29, 0.717) is 0 Å². The number of carboxylic acid groups (broad SMARTS) is 1. The van der Waals surface area contributed by atoms with Crippen molar-refractivity contribution >= 4 is 22.7 Å². The monoisotopic (exact) mass is 274 g/mol. The van der Waals surface area contributed by atoms with Gasteiger partial charge >= 0.3 is 16.4 Å². The number of rotatable bonds is 7. The van der Waals surface area contributed by atoms with Gasteiger partial charge in [0.25, 0.3) is 0 Å². The van der Waals surface area contributed by atoms with E-state index in [0.717, 1.165) is 0 Å². The van der Waals surface area contributed by atoms with Crippen LogP contribution in [0.2, 0.25) is 0 Å². The second-order valence-corrected chi connectivity index (χ2v) is 3.94. The Hall–Kier alpha value is -1.11. The van der Waals surface area contributed by atoms with E-state index in [1.165, 1.54) is 0 Å². The number of aldehydes is 1. The van der Waals surface area contributed by atoms with Gasteiger partial charge < -0.3 is 25.2 Å². The number of carboxylic acids is 1. The molecule has 0 aliphatic carbocycles. The van der Waals surface area contributed by atoms with Crippen LogP contribution in [0.3, 0.4) is 0 Å². The number of carbonyl (C=O) groups excluding carboxylic acids is 1. The average molecular weight is 274 g/mol. The third-order valence-electron chi connectivity index (χ3n) is 1.62. The fraction of sp³-hybridized carbons (Fsp3) is 0.667. The lowest BCUT2D eigenvalue weighted by atomic mass is 10.0. The van der Waals surface area contributed by atoms with E-state index in [-0.39, 0.29) is 6.29 Å². The molecule has 11 heteroatoms. The fourth-order valence-electron chi connectivity index (χ4n) is 0.859. The number of aliphatic carboxylic acids is 1. The van der Waals surface area contributed by atoms with Gasteiger partial charge in [-0.2, -0.15) is 8.42 Å². The molecule has 0 bridgehead atoms. The molecule has 0 saturated carbocycles. The molecular formula is C6H10O10S. The van der Waals surface area contributed by atoms with Crippen molar-refractivity contribution in [1.82, 2.24) is 0 Å². The Morgan fingerprint density at radius 3 is 2.00 bits per heavy atom. The number of carbonyl (C=O) groups is 2. The highest BCUT2D eigenvalue weighted by atomic mass is 32.3. The molecule has 0 saturated heterocycles. The smallest absolute Gasteiger partial charge is 0.397 e. The Kier molecular flexibility index (Phi) is 5.60. The van der Waals surface area contributed by atoms with Gasteiger partial charge in [-0.05, 0) is 0 Å². The molecule has 0 aromatic rings. The minimum atomic E-state index is -5.17. The third kappa shape index (κ3) is 5.16. The van der Waals surface area contributed by atoms with Crippen LogP contribution in [-0.2, 0) is 24.2 Å². The number of aliphatic hydroxyl groups excluding tert-OH is 3. The summed E-state index contributed by atoms with van der Waals surface area (Å²) in [5.74, 6) is -1.94. The minimum Gasteiger partial charge on any atom is -0.479 e. The van der Waals surface area contributed by atoms with Crippen molar-refractivity contribution in [2.75, 3.05) is 0 Å². The summed E-state index contributed by atoms with van der Waals surface area (Å²) in [4.78, 5) is 20.5. The Bertz CT molecular complexity index is 374. The van der Waals surface area contributed by atoms with Crippen LogP contribution >= 0.6 is 0 Å². The van der Waals surface area contributed by atoms with Crippen LogP contribution < -0.4 is 0 Å². The molecule has 0 spiro atoms. The van der Waals surface area contributed by atoms with Gasteiger partial charge in [-0.1, -0.05) is 0 Å². The summed E-state index contributed by atoms with van der Waals surface area (Å²) in [5, 5.41) is 35.3. The van der Waals surface area contributed by atoms with Crippen LogP contribution in [0.25, 0.3) is 0 Å². The summed E-state index contributed by atoms with van der Waals surface area (Å²) in [7, 11) is -5.17. The van der Waals surface area contributed by atoms with E-state index < -0.39 is 40.8 Å². The van der Waals surface area contributed by atoms with Crippen molar-refractivity contribution in [3.63, 3.8) is 0 Å². The maximum atomic E-state index is 10.3. The molecule has 4 unspecified atom stereocenters. The largest absolute Gasteiger partial charge is 0.479 e. The lowest BCUT2D eigenvalue weighted by Gasteiger charge is -2.24. The average Bonchev–Trinajstić information content (AvgIpc) is 2.21. The molecule has 0 heterocycles. The van der Waals surface area contributed by atoms with Crippen LogP contribution in [0, 0.1) is 0 Å². The molecule has 0 amide bonds. The van der Waals surface area contributed by atoms with Crippen molar-refractivity contribution in [3.8, 4) is 0 Å². The Balaban J connectivity index is 5.05. The molecular weight excluding hydrogens is 264 g/mol. The predicted octanol–water partition coefficient (Wildman–Crippen LogP) is -3.46. The Labute approximate surface area is 95.0 Å². The molecule has 100 valence electrons. The molecule has 0 rings (SSSR count). The molecule has 0 aromatic heterocycles. The summed E-state index contributed by atoms with van der Waals surface area (Å²) in [5.41, 5.74) is 0. The minimum absolute atomic E-state index is 0.270. The molecule has 0 aliphatic heterocycles. The lowest BCUT2D eigenvalue weighted by molar-refractivity contribution is -0.161. The Morgan fingerprint density at radius 2 is 1.71 bits per heavy atom. The van der Waals surface area contributed by atoms with Gasteiger partial charge in [0.2, 0.25) is 0 Å². The lowest BCUT2D eigenvalue weighted by Crippen LogP contribution is -2.50. The van der Waals surface area contributed by atoms with E-state index in [4.69, 9.17) is 25.0 Å². The number of aliphatic hydroxyl groups is 3. The van der Waals surface area contributed by atoms with Crippen LogP contribution in [0.5, 0.6) is 0 Å². The maximum absolute atomic E-state index is 10.3. The predicted molar refractivity (Wildman–Crippen MR) is 48.1 cm³/mol. The molecule has 5 N–H and O–H groups in total. The first kappa shape index (κ1) is 15.9. The van der Waals surface area contributed by atoms with Gasteiger partial charge in [-0.25, -0.2) is 8.98 Å². The van der Waals surface area contributed by atoms with E-state index in [1.54, 1.807) is 0 Å². The summed E-state index contributed by atoms with van der Waals surface area (Å²) < 4.78 is 32.6. The van der Waals surface area contributed by atoms with Crippen molar-refractivity contribution in [2.45, 2.75) is 24.4 Å². The van der Waals surface area contributed by atoms with Crippen molar-refractivity contribution in [2.24, 2.45) is 0 Å². The third-order valence-corrected chi connectivity index (χ3v) is 2.09. The van der Waals surface area contributed by atoms with Gasteiger partial charge in [-0.15, -0.1) is 0 Å². The molecule has 17 heavy (non-hydrogen) atoms. The van der Waals surface area contributed by atoms with Crippen molar-refractivity contribution in [1.29, 1.82) is 0 Å². The maximum Gasteiger partial charge on any atom is 0.397 e. The van der Waals surface area contributed by atoms with Crippen LogP contribution in [0.4, 0.5) is 0 Å². The van der Waals surface area contributed by atoms with E-state index in [2.05, 4.69) is 4.18 Å². The molecule has 0 aliphatic rings. The zero-order valence-corrected chi connectivity index (χ0v) is 8.89. The van der Waals surface area contributed by atoms with Crippen molar-refractivity contribution in [3.05, 3.63) is 0 Å².